The van der Waals surface area contributed by atoms with E-state index >= 15 is 0 Å². The normalized spacial score (nSPS) is 12.4. The minimum absolute atomic E-state index is 0.0170. The third-order valence-electron chi connectivity index (χ3n) is 5.36. The number of likely N-dealkylation sites (N-methyl/N-ethyl adjacent to an activating group) is 1. The van der Waals surface area contributed by atoms with Crippen LogP contribution < -0.4 is 18.9 Å². The lowest BCUT2D eigenvalue weighted by Gasteiger charge is -2.18. The molecule has 0 saturated heterocycles. The smallest absolute Gasteiger partial charge is 0.253 e. The molecular weight excluding hydrogens is 456 g/mol. The Morgan fingerprint density at radius 2 is 1.79 bits per heavy atom. The van der Waals surface area contributed by atoms with Crippen LogP contribution in [0.3, 0.4) is 0 Å². The number of hydrogen-bond acceptors (Lipinski definition) is 6. The van der Waals surface area contributed by atoms with Crippen molar-refractivity contribution in [2.75, 3.05) is 27.0 Å². The molecule has 0 spiro atoms. The number of ether oxygens (including phenoxy) is 3. The summed E-state index contributed by atoms with van der Waals surface area (Å²) in [6, 6.07) is 18.9. The number of rotatable bonds is 9. The first kappa shape index (κ1) is 23.6. The Morgan fingerprint density at radius 1 is 1.03 bits per heavy atom. The summed E-state index contributed by atoms with van der Waals surface area (Å²) in [5.41, 5.74) is 2.15. The maximum absolute atomic E-state index is 12.8. The van der Waals surface area contributed by atoms with Gasteiger partial charge in [0.1, 0.15) is 12.4 Å². The van der Waals surface area contributed by atoms with Gasteiger partial charge >= 0.3 is 0 Å². The fourth-order valence-corrected chi connectivity index (χ4v) is 4.43. The number of aryl methyl sites for hydroxylation is 1. The van der Waals surface area contributed by atoms with Crippen molar-refractivity contribution in [3.8, 4) is 17.2 Å². The number of nitrogens with one attached hydrogen (secondary N) is 1. The molecule has 1 N–H and O–H groups in total. The molecule has 0 aromatic heterocycles. The summed E-state index contributed by atoms with van der Waals surface area (Å²) >= 11 is 0. The van der Waals surface area contributed by atoms with Gasteiger partial charge in [-0.1, -0.05) is 29.8 Å². The zero-order valence-corrected chi connectivity index (χ0v) is 19.8. The van der Waals surface area contributed by atoms with Crippen LogP contribution in [-0.2, 0) is 16.6 Å². The van der Waals surface area contributed by atoms with E-state index in [2.05, 4.69) is 4.72 Å². The maximum Gasteiger partial charge on any atom is 0.253 e. The van der Waals surface area contributed by atoms with Gasteiger partial charge in [-0.25, -0.2) is 13.1 Å². The highest BCUT2D eigenvalue weighted by molar-refractivity contribution is 7.89. The molecule has 0 bridgehead atoms. The van der Waals surface area contributed by atoms with E-state index in [1.807, 2.05) is 31.2 Å². The molecule has 0 fully saturated rings. The van der Waals surface area contributed by atoms with Gasteiger partial charge in [-0.05, 0) is 55.0 Å². The molecule has 3 aromatic rings. The molecule has 0 radical (unpaired) electrons. The second kappa shape index (κ2) is 10.1. The minimum atomic E-state index is -3.83. The summed E-state index contributed by atoms with van der Waals surface area (Å²) in [6.45, 7) is 2.90. The van der Waals surface area contributed by atoms with Crippen LogP contribution in [0.2, 0.25) is 0 Å². The number of amides is 1. The van der Waals surface area contributed by atoms with Crippen LogP contribution in [0.25, 0.3) is 0 Å². The Morgan fingerprint density at radius 3 is 2.59 bits per heavy atom. The highest BCUT2D eigenvalue weighted by Gasteiger charge is 2.19. The van der Waals surface area contributed by atoms with Crippen molar-refractivity contribution >= 4 is 15.9 Å². The van der Waals surface area contributed by atoms with E-state index in [4.69, 9.17) is 14.2 Å². The average Bonchev–Trinajstić information content (AvgIpc) is 3.31. The summed E-state index contributed by atoms with van der Waals surface area (Å²) in [4.78, 5) is 14.3. The zero-order valence-electron chi connectivity index (χ0n) is 19.0. The van der Waals surface area contributed by atoms with Crippen LogP contribution in [0, 0.1) is 6.92 Å². The molecule has 4 rings (SSSR count). The molecule has 0 unspecified atom stereocenters. The number of sulfonamides is 1. The van der Waals surface area contributed by atoms with E-state index in [1.54, 1.807) is 37.4 Å². The molecule has 8 nitrogen and oxygen atoms in total. The molecular formula is C25H26N2O6S. The molecule has 1 heterocycles. The van der Waals surface area contributed by atoms with Gasteiger partial charge in [0.2, 0.25) is 16.8 Å². The molecule has 0 saturated carbocycles. The maximum atomic E-state index is 12.8. The van der Waals surface area contributed by atoms with Crippen molar-refractivity contribution in [1.29, 1.82) is 0 Å². The second-order valence-electron chi connectivity index (χ2n) is 7.93. The number of carbonyl (C=O) groups is 1. The van der Waals surface area contributed by atoms with Gasteiger partial charge in [-0.15, -0.1) is 0 Å². The first-order valence-electron chi connectivity index (χ1n) is 10.7. The van der Waals surface area contributed by atoms with Crippen LogP contribution in [0.1, 0.15) is 21.5 Å². The van der Waals surface area contributed by atoms with Gasteiger partial charge in [-0.2, -0.15) is 0 Å². The van der Waals surface area contributed by atoms with E-state index in [-0.39, 0.29) is 29.7 Å². The van der Waals surface area contributed by atoms with E-state index in [9.17, 15) is 13.2 Å². The Balaban J connectivity index is 1.35. The number of benzene rings is 3. The largest absolute Gasteiger partial charge is 0.492 e. The lowest BCUT2D eigenvalue weighted by atomic mass is 10.2. The molecule has 9 heteroatoms. The molecule has 1 aliphatic rings. The third-order valence-corrected chi connectivity index (χ3v) is 6.76. The monoisotopic (exact) mass is 482 g/mol. The molecule has 0 aliphatic carbocycles. The van der Waals surface area contributed by atoms with Crippen molar-refractivity contribution in [3.05, 3.63) is 83.4 Å². The first-order valence-corrected chi connectivity index (χ1v) is 12.2. The SMILES string of the molecule is Cc1ccc(OCCN(C)C(=O)c2cccc(S(=O)(=O)NCc3ccc4c(c3)OCO4)c2)cc1. The van der Waals surface area contributed by atoms with Crippen molar-refractivity contribution < 1.29 is 27.4 Å². The second-order valence-corrected chi connectivity index (χ2v) is 9.70. The molecule has 0 atom stereocenters. The summed E-state index contributed by atoms with van der Waals surface area (Å²) in [5, 5.41) is 0. The highest BCUT2D eigenvalue weighted by Crippen LogP contribution is 2.32. The van der Waals surface area contributed by atoms with Crippen LogP contribution in [0.5, 0.6) is 17.2 Å². The fraction of sp³-hybridized carbons (Fsp3) is 0.240. The quantitative estimate of drug-likeness (QED) is 0.503. The van der Waals surface area contributed by atoms with Crippen LogP contribution in [0.4, 0.5) is 0 Å². The summed E-state index contributed by atoms with van der Waals surface area (Å²) in [7, 11) is -2.18. The fourth-order valence-electron chi connectivity index (χ4n) is 3.37. The lowest BCUT2D eigenvalue weighted by Crippen LogP contribution is -2.31. The van der Waals surface area contributed by atoms with Gasteiger partial charge in [0.05, 0.1) is 11.4 Å². The number of carbonyl (C=O) groups excluding carboxylic acids is 1. The number of fused-ring (bicyclic) bond motifs is 1. The first-order chi connectivity index (χ1) is 16.3. The van der Waals surface area contributed by atoms with E-state index in [0.29, 0.717) is 24.7 Å². The summed E-state index contributed by atoms with van der Waals surface area (Å²) in [6.07, 6.45) is 0. The van der Waals surface area contributed by atoms with E-state index in [1.165, 1.54) is 17.0 Å². The predicted molar refractivity (Wildman–Crippen MR) is 127 cm³/mol. The molecule has 1 amide bonds. The molecule has 34 heavy (non-hydrogen) atoms. The zero-order chi connectivity index (χ0) is 24.1. The Bertz CT molecular complexity index is 1270. The summed E-state index contributed by atoms with van der Waals surface area (Å²) in [5.74, 6) is 1.65. The van der Waals surface area contributed by atoms with Gasteiger partial charge in [0.25, 0.3) is 5.91 Å². The molecule has 1 aliphatic heterocycles. The minimum Gasteiger partial charge on any atom is -0.492 e. The Hall–Kier alpha value is -3.56. The van der Waals surface area contributed by atoms with E-state index < -0.39 is 10.0 Å². The van der Waals surface area contributed by atoms with Crippen molar-refractivity contribution in [2.24, 2.45) is 0 Å². The van der Waals surface area contributed by atoms with Crippen molar-refractivity contribution in [2.45, 2.75) is 18.4 Å². The lowest BCUT2D eigenvalue weighted by molar-refractivity contribution is 0.0773. The molecule has 3 aromatic carbocycles. The number of hydrogen-bond donors (Lipinski definition) is 1. The van der Waals surface area contributed by atoms with Gasteiger partial charge in [-0.3, -0.25) is 4.79 Å². The van der Waals surface area contributed by atoms with Gasteiger partial charge in [0, 0.05) is 19.2 Å². The topological polar surface area (TPSA) is 94.2 Å². The van der Waals surface area contributed by atoms with Crippen LogP contribution in [0.15, 0.2) is 71.6 Å². The highest BCUT2D eigenvalue weighted by atomic mass is 32.2. The Kier molecular flexibility index (Phi) is 7.04. The van der Waals surface area contributed by atoms with Crippen LogP contribution >= 0.6 is 0 Å². The van der Waals surface area contributed by atoms with Crippen molar-refractivity contribution in [3.63, 3.8) is 0 Å². The van der Waals surface area contributed by atoms with Gasteiger partial charge in [0.15, 0.2) is 11.5 Å². The third kappa shape index (κ3) is 5.67. The Labute approximate surface area is 199 Å². The average molecular weight is 483 g/mol. The number of nitrogens with zero attached hydrogens (tertiary/aromatic N) is 1. The standard InChI is InChI=1S/C25H26N2O6S/c1-18-6-9-21(10-7-18)31-13-12-27(2)25(28)20-4-3-5-22(15-20)34(29,30)26-16-19-8-11-23-24(14-19)33-17-32-23/h3-11,14-15,26H,12-13,16-17H2,1-2H3. The predicted octanol–water partition coefficient (Wildman–Crippen LogP) is 3.35. The van der Waals surface area contributed by atoms with Crippen LogP contribution in [-0.4, -0.2) is 46.2 Å². The van der Waals surface area contributed by atoms with Gasteiger partial charge < -0.3 is 19.1 Å². The molecule has 178 valence electrons. The van der Waals surface area contributed by atoms with E-state index in [0.717, 1.165) is 16.9 Å². The van der Waals surface area contributed by atoms with Crippen molar-refractivity contribution in [1.82, 2.24) is 9.62 Å². The summed E-state index contributed by atoms with van der Waals surface area (Å²) < 4.78 is 44.5.